The Hall–Kier alpha value is -2.57. The Balaban J connectivity index is 1.54. The second kappa shape index (κ2) is 8.21. The third-order valence-electron chi connectivity index (χ3n) is 4.50. The minimum absolute atomic E-state index is 0.0426. The van der Waals surface area contributed by atoms with Crippen LogP contribution in [0.1, 0.15) is 23.6 Å². The van der Waals surface area contributed by atoms with Crippen molar-refractivity contribution >= 4 is 11.6 Å². The van der Waals surface area contributed by atoms with Gasteiger partial charge in [-0.1, -0.05) is 18.2 Å². The molecular formula is C20H26N4O2. The van der Waals surface area contributed by atoms with Crippen molar-refractivity contribution in [2.45, 2.75) is 39.5 Å². The number of hydrazine groups is 1. The number of amides is 1. The predicted molar refractivity (Wildman–Crippen MR) is 103 cm³/mol. The summed E-state index contributed by atoms with van der Waals surface area (Å²) in [5, 5.41) is 6.22. The molecule has 2 aromatic carbocycles. The minimum atomic E-state index is -0.360. The van der Waals surface area contributed by atoms with Crippen molar-refractivity contribution in [2.75, 3.05) is 11.9 Å². The summed E-state index contributed by atoms with van der Waals surface area (Å²) in [6.07, 6.45) is 0.239. The van der Waals surface area contributed by atoms with E-state index in [1.54, 1.807) is 0 Å². The number of benzene rings is 2. The van der Waals surface area contributed by atoms with Crippen molar-refractivity contribution in [3.8, 4) is 5.75 Å². The normalized spacial score (nSPS) is 19.7. The van der Waals surface area contributed by atoms with Crippen LogP contribution in [-0.4, -0.2) is 24.8 Å². The predicted octanol–water partition coefficient (Wildman–Crippen LogP) is 2.23. The Morgan fingerprint density at radius 2 is 1.81 bits per heavy atom. The molecule has 1 aliphatic rings. The first kappa shape index (κ1) is 18.2. The van der Waals surface area contributed by atoms with Crippen LogP contribution >= 0.6 is 0 Å². The van der Waals surface area contributed by atoms with Crippen molar-refractivity contribution in [3.63, 3.8) is 0 Å². The Morgan fingerprint density at radius 3 is 2.46 bits per heavy atom. The fourth-order valence-corrected chi connectivity index (χ4v) is 2.87. The van der Waals surface area contributed by atoms with E-state index in [0.717, 1.165) is 17.0 Å². The monoisotopic (exact) mass is 354 g/mol. The maximum Gasteiger partial charge on any atom is 0.241 e. The highest BCUT2D eigenvalue weighted by Crippen LogP contribution is 2.16. The molecule has 0 aromatic heterocycles. The first-order valence-electron chi connectivity index (χ1n) is 8.92. The van der Waals surface area contributed by atoms with Crippen molar-refractivity contribution < 1.29 is 9.53 Å². The number of hydrogen-bond acceptors (Lipinski definition) is 5. The molecule has 1 saturated heterocycles. The van der Waals surface area contributed by atoms with E-state index < -0.39 is 0 Å². The highest BCUT2D eigenvalue weighted by Gasteiger charge is 2.27. The van der Waals surface area contributed by atoms with Gasteiger partial charge in [-0.15, -0.1) is 0 Å². The molecule has 0 saturated carbocycles. The van der Waals surface area contributed by atoms with Gasteiger partial charge in [0, 0.05) is 5.69 Å². The summed E-state index contributed by atoms with van der Waals surface area (Å²) in [6, 6.07) is 13.6. The van der Waals surface area contributed by atoms with Crippen LogP contribution in [0, 0.1) is 13.8 Å². The van der Waals surface area contributed by atoms with Crippen LogP contribution in [0.3, 0.4) is 0 Å². The molecule has 138 valence electrons. The molecule has 0 spiro atoms. The molecular weight excluding hydrogens is 328 g/mol. The van der Waals surface area contributed by atoms with Crippen molar-refractivity contribution in [1.29, 1.82) is 0 Å². The van der Waals surface area contributed by atoms with Crippen LogP contribution in [0.5, 0.6) is 5.75 Å². The standard InChI is InChI=1S/C20H26N4O2/c1-4-26-17-9-6-15(7-10-17)12-18-19(25)22-20(24-23-18)21-16-8-5-13(2)14(3)11-16/h5-11,18,20-21,23-24H,4,12H2,1-3H3,(H,22,25). The van der Waals surface area contributed by atoms with Gasteiger partial charge >= 0.3 is 0 Å². The third kappa shape index (κ3) is 4.53. The number of anilines is 1. The van der Waals surface area contributed by atoms with E-state index in [4.69, 9.17) is 4.74 Å². The largest absolute Gasteiger partial charge is 0.494 e. The molecule has 2 aromatic rings. The van der Waals surface area contributed by atoms with Gasteiger partial charge in [0.15, 0.2) is 6.29 Å². The molecule has 1 fully saturated rings. The first-order chi connectivity index (χ1) is 12.5. The number of rotatable bonds is 6. The molecule has 1 aliphatic heterocycles. The van der Waals surface area contributed by atoms with E-state index in [2.05, 4.69) is 47.5 Å². The van der Waals surface area contributed by atoms with E-state index in [-0.39, 0.29) is 18.2 Å². The molecule has 6 heteroatoms. The van der Waals surface area contributed by atoms with E-state index in [0.29, 0.717) is 13.0 Å². The fourth-order valence-electron chi connectivity index (χ4n) is 2.87. The Labute approximate surface area is 154 Å². The second-order valence-electron chi connectivity index (χ2n) is 6.51. The van der Waals surface area contributed by atoms with E-state index in [1.165, 1.54) is 11.1 Å². The number of nitrogens with one attached hydrogen (secondary N) is 4. The van der Waals surface area contributed by atoms with Gasteiger partial charge < -0.3 is 15.4 Å². The molecule has 0 aliphatic carbocycles. The van der Waals surface area contributed by atoms with Gasteiger partial charge in [0.25, 0.3) is 0 Å². The number of carbonyl (C=O) groups is 1. The smallest absolute Gasteiger partial charge is 0.241 e. The van der Waals surface area contributed by atoms with E-state index >= 15 is 0 Å². The SMILES string of the molecule is CCOc1ccc(CC2NNC(Nc3ccc(C)c(C)c3)NC2=O)cc1. The first-order valence-corrected chi connectivity index (χ1v) is 8.92. The average molecular weight is 354 g/mol. The lowest BCUT2D eigenvalue weighted by atomic mass is 10.1. The summed E-state index contributed by atoms with van der Waals surface area (Å²) >= 11 is 0. The quantitative estimate of drug-likeness (QED) is 0.640. The van der Waals surface area contributed by atoms with Gasteiger partial charge in [-0.3, -0.25) is 4.79 Å². The van der Waals surface area contributed by atoms with Crippen LogP contribution in [0.25, 0.3) is 0 Å². The van der Waals surface area contributed by atoms with Gasteiger partial charge in [-0.2, -0.15) is 0 Å². The van der Waals surface area contributed by atoms with E-state index in [1.807, 2.05) is 37.3 Å². The zero-order chi connectivity index (χ0) is 18.5. The molecule has 26 heavy (non-hydrogen) atoms. The molecule has 4 N–H and O–H groups in total. The van der Waals surface area contributed by atoms with Gasteiger partial charge in [0.1, 0.15) is 11.8 Å². The summed E-state index contributed by atoms with van der Waals surface area (Å²) in [4.78, 5) is 12.4. The molecule has 3 rings (SSSR count). The van der Waals surface area contributed by atoms with Crippen LogP contribution in [0.2, 0.25) is 0 Å². The van der Waals surface area contributed by atoms with Gasteiger partial charge in [-0.25, -0.2) is 10.9 Å². The van der Waals surface area contributed by atoms with Crippen LogP contribution in [-0.2, 0) is 11.2 Å². The molecule has 0 bridgehead atoms. The summed E-state index contributed by atoms with van der Waals surface area (Å²) in [7, 11) is 0. The topological polar surface area (TPSA) is 74.4 Å². The minimum Gasteiger partial charge on any atom is -0.494 e. The lowest BCUT2D eigenvalue weighted by molar-refractivity contribution is -0.126. The molecule has 1 amide bonds. The Kier molecular flexibility index (Phi) is 5.75. The Bertz CT molecular complexity index is 761. The second-order valence-corrected chi connectivity index (χ2v) is 6.51. The molecule has 6 nitrogen and oxygen atoms in total. The van der Waals surface area contributed by atoms with Crippen molar-refractivity contribution in [2.24, 2.45) is 0 Å². The summed E-state index contributed by atoms with van der Waals surface area (Å²) in [6.45, 7) is 6.74. The highest BCUT2D eigenvalue weighted by atomic mass is 16.5. The van der Waals surface area contributed by atoms with Gasteiger partial charge in [0.2, 0.25) is 5.91 Å². The molecule has 1 heterocycles. The van der Waals surface area contributed by atoms with Gasteiger partial charge in [-0.05, 0) is 68.1 Å². The van der Waals surface area contributed by atoms with Gasteiger partial charge in [0.05, 0.1) is 6.61 Å². The number of hydrogen-bond donors (Lipinski definition) is 4. The summed E-state index contributed by atoms with van der Waals surface area (Å²) in [5.74, 6) is 0.798. The van der Waals surface area contributed by atoms with Crippen LogP contribution in [0.15, 0.2) is 42.5 Å². The maximum absolute atomic E-state index is 12.4. The van der Waals surface area contributed by atoms with Crippen molar-refractivity contribution in [3.05, 3.63) is 59.2 Å². The summed E-state index contributed by atoms with van der Waals surface area (Å²) in [5.41, 5.74) is 10.7. The molecule has 2 unspecified atom stereocenters. The van der Waals surface area contributed by atoms with Crippen molar-refractivity contribution in [1.82, 2.24) is 16.2 Å². The van der Waals surface area contributed by atoms with E-state index in [9.17, 15) is 4.79 Å². The lowest BCUT2D eigenvalue weighted by Crippen LogP contribution is -2.68. The highest BCUT2D eigenvalue weighted by molar-refractivity contribution is 5.83. The number of aryl methyl sites for hydroxylation is 2. The zero-order valence-electron chi connectivity index (χ0n) is 15.4. The zero-order valence-corrected chi connectivity index (χ0v) is 15.4. The molecule has 0 radical (unpaired) electrons. The third-order valence-corrected chi connectivity index (χ3v) is 4.50. The van der Waals surface area contributed by atoms with Crippen LogP contribution < -0.4 is 26.2 Å². The lowest BCUT2D eigenvalue weighted by Gasteiger charge is -2.32. The fraction of sp³-hybridized carbons (Fsp3) is 0.350. The van der Waals surface area contributed by atoms with Crippen LogP contribution in [0.4, 0.5) is 5.69 Å². The average Bonchev–Trinajstić information content (AvgIpc) is 2.62. The number of carbonyl (C=O) groups excluding carboxylic acids is 1. The Morgan fingerprint density at radius 1 is 1.04 bits per heavy atom. The maximum atomic E-state index is 12.4. The summed E-state index contributed by atoms with van der Waals surface area (Å²) < 4.78 is 5.44. The number of ether oxygens (including phenoxy) is 1. The molecule has 2 atom stereocenters.